The topological polar surface area (TPSA) is 51.8 Å². The fourth-order valence-electron chi connectivity index (χ4n) is 7.17. The van der Waals surface area contributed by atoms with E-state index in [1.54, 1.807) is 0 Å². The third-order valence-electron chi connectivity index (χ3n) is 9.72. The van der Waals surface area contributed by atoms with Gasteiger partial charge in [0.2, 0.25) is 0 Å². The van der Waals surface area contributed by atoms with Crippen LogP contribution in [0.2, 0.25) is 0 Å². The zero-order valence-electron chi connectivity index (χ0n) is 27.5. The molecule has 0 saturated heterocycles. The molecule has 0 aliphatic heterocycles. The number of furan rings is 1. The lowest BCUT2D eigenvalue weighted by Gasteiger charge is -2.11. The predicted octanol–water partition coefficient (Wildman–Crippen LogP) is 12.4. The molecule has 0 aliphatic carbocycles. The van der Waals surface area contributed by atoms with Gasteiger partial charge in [0.25, 0.3) is 0 Å². The third kappa shape index (κ3) is 5.04. The largest absolute Gasteiger partial charge is 0.455 e. The smallest absolute Gasteiger partial charge is 0.164 e. The van der Waals surface area contributed by atoms with Crippen molar-refractivity contribution in [2.75, 3.05) is 0 Å². The molecule has 0 unspecified atom stereocenters. The first-order valence-corrected chi connectivity index (χ1v) is 17.1. The predicted molar refractivity (Wildman–Crippen MR) is 209 cm³/mol. The quantitative estimate of drug-likeness (QED) is 0.186. The maximum absolute atomic E-state index is 6.75. The van der Waals surface area contributed by atoms with Crippen LogP contribution < -0.4 is 0 Å². The third-order valence-corrected chi connectivity index (χ3v) is 9.72. The molecule has 51 heavy (non-hydrogen) atoms. The first-order valence-electron chi connectivity index (χ1n) is 17.1. The molecule has 0 amide bonds. The van der Waals surface area contributed by atoms with Crippen LogP contribution in [0.3, 0.4) is 0 Å². The normalized spacial score (nSPS) is 11.5. The molecule has 0 saturated carbocycles. The van der Waals surface area contributed by atoms with Gasteiger partial charge in [-0.25, -0.2) is 15.0 Å². The van der Waals surface area contributed by atoms with E-state index in [1.165, 1.54) is 16.3 Å². The number of para-hydroxylation sites is 1. The van der Waals surface area contributed by atoms with E-state index >= 15 is 0 Å². The van der Waals surface area contributed by atoms with Crippen LogP contribution in [0.25, 0.3) is 99.9 Å². The van der Waals surface area contributed by atoms with Gasteiger partial charge in [-0.05, 0) is 45.0 Å². The molecule has 0 bridgehead atoms. The maximum Gasteiger partial charge on any atom is 0.164 e. The monoisotopic (exact) mass is 651 g/mol. The van der Waals surface area contributed by atoms with Gasteiger partial charge >= 0.3 is 0 Å². The Kier molecular flexibility index (Phi) is 6.78. The highest BCUT2D eigenvalue weighted by Crippen LogP contribution is 2.42. The van der Waals surface area contributed by atoms with Crippen LogP contribution in [-0.2, 0) is 0 Å². The number of hydrogen-bond acceptors (Lipinski definition) is 4. The van der Waals surface area contributed by atoms with Crippen LogP contribution in [0.4, 0.5) is 0 Å². The van der Waals surface area contributed by atoms with E-state index in [2.05, 4.69) is 140 Å². The highest BCUT2D eigenvalue weighted by Gasteiger charge is 2.20. The molecule has 0 aliphatic rings. The second-order valence-electron chi connectivity index (χ2n) is 12.8. The zero-order chi connectivity index (χ0) is 33.7. The Hall–Kier alpha value is -6.91. The van der Waals surface area contributed by atoms with E-state index < -0.39 is 0 Å². The summed E-state index contributed by atoms with van der Waals surface area (Å²) in [6.45, 7) is 0. The molecule has 0 atom stereocenters. The molecule has 0 spiro atoms. The fraction of sp³-hybridized carbons (Fsp3) is 0. The minimum atomic E-state index is 0.615. The van der Waals surface area contributed by atoms with Gasteiger partial charge in [-0.3, -0.25) is 0 Å². The van der Waals surface area contributed by atoms with Crippen molar-refractivity contribution in [3.63, 3.8) is 0 Å². The summed E-state index contributed by atoms with van der Waals surface area (Å²) in [5.41, 5.74) is 9.00. The lowest BCUT2D eigenvalue weighted by molar-refractivity contribution is 0.674. The maximum atomic E-state index is 6.75. The van der Waals surface area contributed by atoms with Crippen LogP contribution in [0.1, 0.15) is 0 Å². The number of hydrogen-bond donors (Lipinski definition) is 0. The fourth-order valence-corrected chi connectivity index (χ4v) is 7.17. The molecule has 8 aromatic carbocycles. The van der Waals surface area contributed by atoms with Gasteiger partial charge in [0, 0.05) is 38.4 Å². The van der Waals surface area contributed by atoms with Crippen LogP contribution in [-0.4, -0.2) is 15.0 Å². The van der Waals surface area contributed by atoms with Gasteiger partial charge in [0.05, 0.1) is 0 Å². The Bertz CT molecular complexity index is 2900. The van der Waals surface area contributed by atoms with Crippen molar-refractivity contribution in [2.24, 2.45) is 0 Å². The summed E-state index contributed by atoms with van der Waals surface area (Å²) in [7, 11) is 0. The van der Waals surface area contributed by atoms with Crippen LogP contribution in [0.5, 0.6) is 0 Å². The Morgan fingerprint density at radius 1 is 0.294 bits per heavy atom. The average Bonchev–Trinajstić information content (AvgIpc) is 3.60. The van der Waals surface area contributed by atoms with Gasteiger partial charge in [-0.2, -0.15) is 0 Å². The van der Waals surface area contributed by atoms with Crippen molar-refractivity contribution in [2.45, 2.75) is 0 Å². The second kappa shape index (κ2) is 11.9. The molecule has 2 heterocycles. The first kappa shape index (κ1) is 29.0. The minimum absolute atomic E-state index is 0.615. The van der Waals surface area contributed by atoms with E-state index in [0.717, 1.165) is 66.1 Å². The lowest BCUT2D eigenvalue weighted by atomic mass is 9.98. The van der Waals surface area contributed by atoms with Crippen molar-refractivity contribution >= 4 is 43.5 Å². The molecule has 2 aromatic heterocycles. The van der Waals surface area contributed by atoms with Crippen molar-refractivity contribution in [1.82, 2.24) is 15.0 Å². The van der Waals surface area contributed by atoms with Crippen molar-refractivity contribution < 1.29 is 4.42 Å². The summed E-state index contributed by atoms with van der Waals surface area (Å²) >= 11 is 0. The highest BCUT2D eigenvalue weighted by molar-refractivity contribution is 6.20. The van der Waals surface area contributed by atoms with Crippen molar-refractivity contribution in [3.05, 3.63) is 176 Å². The standard InChI is InChI=1S/C47H29N3O/c1-3-13-32(14-4-1)37-20-11-21-40-41-29-42(38-18-9-10-19-39(38)44(41)51-43(37)40)47-49-45(33-15-5-2-6-16-33)48-46(50-47)34-25-22-31(23-26-34)36-27-24-30-12-7-8-17-35(30)28-36/h1-29H. The summed E-state index contributed by atoms with van der Waals surface area (Å²) in [5, 5.41) is 6.57. The van der Waals surface area contributed by atoms with Crippen LogP contribution >= 0.6 is 0 Å². The van der Waals surface area contributed by atoms with E-state index in [0.29, 0.717) is 17.5 Å². The van der Waals surface area contributed by atoms with E-state index in [1.807, 2.05) is 36.4 Å². The Balaban J connectivity index is 1.16. The minimum Gasteiger partial charge on any atom is -0.455 e. The van der Waals surface area contributed by atoms with E-state index in [4.69, 9.17) is 19.4 Å². The van der Waals surface area contributed by atoms with Crippen LogP contribution in [0.15, 0.2) is 180 Å². The van der Waals surface area contributed by atoms with Crippen LogP contribution in [0, 0.1) is 0 Å². The molecule has 238 valence electrons. The van der Waals surface area contributed by atoms with Gasteiger partial charge in [0.15, 0.2) is 17.5 Å². The van der Waals surface area contributed by atoms with E-state index in [9.17, 15) is 0 Å². The molecule has 0 fully saturated rings. The van der Waals surface area contributed by atoms with E-state index in [-0.39, 0.29) is 0 Å². The number of benzene rings is 8. The molecule has 0 radical (unpaired) electrons. The molecule has 10 rings (SSSR count). The number of aromatic nitrogens is 3. The van der Waals surface area contributed by atoms with Gasteiger partial charge in [-0.1, -0.05) is 164 Å². The summed E-state index contributed by atoms with van der Waals surface area (Å²) in [5.74, 6) is 1.86. The number of fused-ring (bicyclic) bond motifs is 6. The zero-order valence-corrected chi connectivity index (χ0v) is 27.5. The SMILES string of the molecule is c1ccc(-c2nc(-c3ccc(-c4ccc5ccccc5c4)cc3)nc(-c3cc4c5cccc(-c6ccccc6)c5oc4c4ccccc34)n2)cc1. The lowest BCUT2D eigenvalue weighted by Crippen LogP contribution is -2.00. The van der Waals surface area contributed by atoms with Crippen molar-refractivity contribution in [1.29, 1.82) is 0 Å². The summed E-state index contributed by atoms with van der Waals surface area (Å²) < 4.78 is 6.75. The van der Waals surface area contributed by atoms with Crippen molar-refractivity contribution in [3.8, 4) is 56.4 Å². The van der Waals surface area contributed by atoms with Gasteiger partial charge in [-0.15, -0.1) is 0 Å². The molecule has 10 aromatic rings. The summed E-state index contributed by atoms with van der Waals surface area (Å²) in [6.07, 6.45) is 0. The Labute approximate surface area is 294 Å². The average molecular weight is 652 g/mol. The Morgan fingerprint density at radius 2 is 0.843 bits per heavy atom. The van der Waals surface area contributed by atoms with Gasteiger partial charge in [0.1, 0.15) is 11.2 Å². The molecular formula is C47H29N3O. The Morgan fingerprint density at radius 3 is 1.61 bits per heavy atom. The second-order valence-corrected chi connectivity index (χ2v) is 12.8. The number of rotatable bonds is 5. The molecular weight excluding hydrogens is 623 g/mol. The summed E-state index contributed by atoms with van der Waals surface area (Å²) in [4.78, 5) is 15.3. The van der Waals surface area contributed by atoms with Gasteiger partial charge < -0.3 is 4.42 Å². The summed E-state index contributed by atoms with van der Waals surface area (Å²) in [6, 6.07) is 61.0. The highest BCUT2D eigenvalue weighted by atomic mass is 16.3. The molecule has 4 nitrogen and oxygen atoms in total. The molecule has 0 N–H and O–H groups in total. The number of nitrogens with zero attached hydrogens (tertiary/aromatic N) is 3. The molecule has 4 heteroatoms. The first-order chi connectivity index (χ1) is 25.3.